The number of unbranched alkanes of at least 4 members (excludes halogenated alkanes) is 11. The van der Waals surface area contributed by atoms with E-state index in [2.05, 4.69) is 13.8 Å². The molecule has 0 aliphatic heterocycles. The maximum atomic E-state index is 13.5. The van der Waals surface area contributed by atoms with Crippen LogP contribution in [-0.2, 0) is 9.59 Å². The van der Waals surface area contributed by atoms with Crippen molar-refractivity contribution in [2.45, 2.75) is 142 Å². The van der Waals surface area contributed by atoms with E-state index < -0.39 is 35.9 Å². The predicted molar refractivity (Wildman–Crippen MR) is 121 cm³/mol. The Morgan fingerprint density at radius 2 is 1.15 bits per heavy atom. The van der Waals surface area contributed by atoms with Crippen LogP contribution in [0.25, 0.3) is 0 Å². The van der Waals surface area contributed by atoms with Gasteiger partial charge >= 0.3 is 6.18 Å². The van der Waals surface area contributed by atoms with Gasteiger partial charge in [0.1, 0.15) is 0 Å². The number of carbonyl (C=O) groups excluding carboxylic acids is 2. The lowest BCUT2D eigenvalue weighted by Crippen LogP contribution is -2.48. The van der Waals surface area contributed by atoms with Crippen molar-refractivity contribution in [2.75, 3.05) is 0 Å². The zero-order valence-corrected chi connectivity index (χ0v) is 20.8. The van der Waals surface area contributed by atoms with Gasteiger partial charge in [0, 0.05) is 23.8 Å². The van der Waals surface area contributed by atoms with Crippen molar-refractivity contribution in [1.29, 1.82) is 0 Å². The van der Waals surface area contributed by atoms with E-state index in [0.29, 0.717) is 12.8 Å². The van der Waals surface area contributed by atoms with Crippen LogP contribution < -0.4 is 10.2 Å². The second-order valence-electron chi connectivity index (χ2n) is 9.61. The molecule has 0 aromatic rings. The molecule has 0 radical (unpaired) electrons. The molecule has 7 heteroatoms. The Balaban J connectivity index is 5.44. The summed E-state index contributed by atoms with van der Waals surface area (Å²) in [6, 6.07) is 0. The summed E-state index contributed by atoms with van der Waals surface area (Å²) in [5, 5.41) is 23.1. The van der Waals surface area contributed by atoms with Crippen molar-refractivity contribution < 1.29 is 33.0 Å². The van der Waals surface area contributed by atoms with E-state index in [1.807, 2.05) is 0 Å². The molecule has 4 nitrogen and oxygen atoms in total. The molecule has 0 bridgehead atoms. The van der Waals surface area contributed by atoms with Crippen LogP contribution in [0.5, 0.6) is 0 Å². The zero-order chi connectivity index (χ0) is 25.2. The normalized spacial score (nSPS) is 13.2. The van der Waals surface area contributed by atoms with Crippen LogP contribution in [0.3, 0.4) is 0 Å². The molecule has 0 amide bonds. The standard InChI is InChI=1S/C26H47F3O4/c1-3-5-7-9-11-15-19-25(24(32)33,20-16-12-10-8-6-4-2)22(21-26(27,28)29)17-13-14-18-23(30)31/h22H,3-21H2,1-2H3,(H,30,31)(H,32,33)/p-2. The van der Waals surface area contributed by atoms with Gasteiger partial charge in [0.25, 0.3) is 0 Å². The van der Waals surface area contributed by atoms with E-state index in [1.54, 1.807) is 0 Å². The van der Waals surface area contributed by atoms with Crippen molar-refractivity contribution in [3.63, 3.8) is 0 Å². The Morgan fingerprint density at radius 1 is 0.697 bits per heavy atom. The molecule has 0 heterocycles. The lowest BCUT2D eigenvalue weighted by Gasteiger charge is -2.43. The van der Waals surface area contributed by atoms with Crippen LogP contribution >= 0.6 is 0 Å². The SMILES string of the molecule is CCCCCCCCC(CCCCCCCC)(C(=O)[O-])C(CCCCC(=O)[O-])CC(F)(F)F. The summed E-state index contributed by atoms with van der Waals surface area (Å²) in [4.78, 5) is 23.1. The van der Waals surface area contributed by atoms with Crippen molar-refractivity contribution in [2.24, 2.45) is 11.3 Å². The fourth-order valence-corrected chi connectivity index (χ4v) is 4.86. The first-order chi connectivity index (χ1) is 15.6. The van der Waals surface area contributed by atoms with Crippen LogP contribution in [0.2, 0.25) is 0 Å². The minimum atomic E-state index is -4.48. The molecule has 0 aliphatic rings. The molecule has 0 rings (SSSR count). The maximum absolute atomic E-state index is 13.5. The summed E-state index contributed by atoms with van der Waals surface area (Å²) in [5.74, 6) is -3.72. The Labute approximate surface area is 198 Å². The third-order valence-electron chi connectivity index (χ3n) is 6.80. The average molecular weight is 479 g/mol. The molecule has 0 aliphatic carbocycles. The highest BCUT2D eigenvalue weighted by Crippen LogP contribution is 2.46. The topological polar surface area (TPSA) is 80.3 Å². The van der Waals surface area contributed by atoms with E-state index >= 15 is 0 Å². The van der Waals surface area contributed by atoms with Crippen molar-refractivity contribution >= 4 is 11.9 Å². The number of alkyl halides is 3. The molecule has 0 aromatic heterocycles. The molecule has 196 valence electrons. The highest BCUT2D eigenvalue weighted by molar-refractivity contribution is 5.73. The number of carbonyl (C=O) groups is 2. The molecule has 0 saturated carbocycles. The van der Waals surface area contributed by atoms with Gasteiger partial charge in [-0.25, -0.2) is 0 Å². The minimum Gasteiger partial charge on any atom is -0.550 e. The number of aliphatic carboxylic acids is 2. The van der Waals surface area contributed by atoms with Gasteiger partial charge < -0.3 is 19.8 Å². The van der Waals surface area contributed by atoms with Gasteiger partial charge in [0.15, 0.2) is 0 Å². The second-order valence-corrected chi connectivity index (χ2v) is 9.61. The van der Waals surface area contributed by atoms with Crippen LogP contribution in [-0.4, -0.2) is 18.1 Å². The van der Waals surface area contributed by atoms with E-state index in [-0.39, 0.29) is 38.5 Å². The Morgan fingerprint density at radius 3 is 1.55 bits per heavy atom. The number of halogens is 3. The van der Waals surface area contributed by atoms with Gasteiger partial charge in [-0.05, 0) is 38.0 Å². The largest absolute Gasteiger partial charge is 0.550 e. The van der Waals surface area contributed by atoms with Gasteiger partial charge in [0.05, 0.1) is 0 Å². The van der Waals surface area contributed by atoms with Crippen LogP contribution in [0.4, 0.5) is 13.2 Å². The molecule has 33 heavy (non-hydrogen) atoms. The van der Waals surface area contributed by atoms with Crippen molar-refractivity contribution in [1.82, 2.24) is 0 Å². The third kappa shape index (κ3) is 15.3. The fraction of sp³-hybridized carbons (Fsp3) is 0.923. The Bertz CT molecular complexity index is 504. The predicted octanol–water partition coefficient (Wildman–Crippen LogP) is 6.10. The van der Waals surface area contributed by atoms with Gasteiger partial charge in [-0.15, -0.1) is 0 Å². The van der Waals surface area contributed by atoms with E-state index in [1.165, 1.54) is 0 Å². The first-order valence-electron chi connectivity index (χ1n) is 13.1. The van der Waals surface area contributed by atoms with Crippen LogP contribution in [0.15, 0.2) is 0 Å². The third-order valence-corrected chi connectivity index (χ3v) is 6.80. The van der Waals surface area contributed by atoms with E-state index in [4.69, 9.17) is 0 Å². The lowest BCUT2D eigenvalue weighted by molar-refractivity contribution is -0.325. The number of hydrogen-bond donors (Lipinski definition) is 0. The Kier molecular flexibility index (Phi) is 17.4. The van der Waals surface area contributed by atoms with Crippen molar-refractivity contribution in [3.8, 4) is 0 Å². The highest BCUT2D eigenvalue weighted by atomic mass is 19.4. The van der Waals surface area contributed by atoms with Crippen LogP contribution in [0, 0.1) is 11.3 Å². The van der Waals surface area contributed by atoms with E-state index in [0.717, 1.165) is 64.2 Å². The molecule has 0 saturated heterocycles. The average Bonchev–Trinajstić information content (AvgIpc) is 2.72. The molecule has 1 atom stereocenters. The van der Waals surface area contributed by atoms with E-state index in [9.17, 15) is 33.0 Å². The first-order valence-corrected chi connectivity index (χ1v) is 13.1. The molecule has 0 spiro atoms. The molecular formula is C26H45F3O4-2. The summed E-state index contributed by atoms with van der Waals surface area (Å²) in [7, 11) is 0. The number of carboxylic acid groups (broad SMARTS) is 2. The van der Waals surface area contributed by atoms with Crippen LogP contribution in [0.1, 0.15) is 136 Å². The summed E-state index contributed by atoms with van der Waals surface area (Å²) < 4.78 is 40.4. The molecule has 0 N–H and O–H groups in total. The zero-order valence-electron chi connectivity index (χ0n) is 20.8. The number of hydrogen-bond acceptors (Lipinski definition) is 4. The number of carboxylic acids is 2. The fourth-order valence-electron chi connectivity index (χ4n) is 4.86. The molecular weight excluding hydrogens is 433 g/mol. The summed E-state index contributed by atoms with van der Waals surface area (Å²) in [6.07, 6.45) is 6.04. The van der Waals surface area contributed by atoms with Gasteiger partial charge in [-0.3, -0.25) is 0 Å². The first kappa shape index (κ1) is 31.7. The molecule has 1 unspecified atom stereocenters. The summed E-state index contributed by atoms with van der Waals surface area (Å²) in [6.45, 7) is 4.20. The highest BCUT2D eigenvalue weighted by Gasteiger charge is 2.44. The summed E-state index contributed by atoms with van der Waals surface area (Å²) in [5.41, 5.74) is -1.52. The second kappa shape index (κ2) is 18.1. The minimum absolute atomic E-state index is 0.0342. The van der Waals surface area contributed by atoms with Gasteiger partial charge in [0.2, 0.25) is 0 Å². The lowest BCUT2D eigenvalue weighted by atomic mass is 9.65. The maximum Gasteiger partial charge on any atom is 0.389 e. The monoisotopic (exact) mass is 478 g/mol. The van der Waals surface area contributed by atoms with Gasteiger partial charge in [-0.1, -0.05) is 97.3 Å². The summed E-state index contributed by atoms with van der Waals surface area (Å²) >= 11 is 0. The molecule has 0 fully saturated rings. The van der Waals surface area contributed by atoms with Crippen molar-refractivity contribution in [3.05, 3.63) is 0 Å². The van der Waals surface area contributed by atoms with Gasteiger partial charge in [-0.2, -0.15) is 13.2 Å². The molecule has 0 aromatic carbocycles. The Hall–Kier alpha value is -1.27. The quantitative estimate of drug-likeness (QED) is 0.176. The smallest absolute Gasteiger partial charge is 0.389 e. The number of rotatable bonds is 22.